The molecule has 0 spiro atoms. The van der Waals surface area contributed by atoms with Crippen molar-refractivity contribution in [3.8, 4) is 22.6 Å². The number of halogens is 1. The quantitative estimate of drug-likeness (QED) is 0.289. The van der Waals surface area contributed by atoms with E-state index in [0.29, 0.717) is 39.7 Å². The number of benzene rings is 1. The normalized spacial score (nSPS) is 14.3. The highest BCUT2D eigenvalue weighted by molar-refractivity contribution is 5.91. The number of rotatable bonds is 6. The molecule has 0 aliphatic carbocycles. The van der Waals surface area contributed by atoms with E-state index in [1.807, 2.05) is 39.1 Å². The lowest BCUT2D eigenvalue weighted by Gasteiger charge is -2.21. The van der Waals surface area contributed by atoms with Gasteiger partial charge in [0.1, 0.15) is 11.5 Å². The number of carbonyl (C=O) groups is 1. The molecule has 0 unspecified atom stereocenters. The van der Waals surface area contributed by atoms with Crippen molar-refractivity contribution in [2.24, 2.45) is 0 Å². The van der Waals surface area contributed by atoms with E-state index in [-0.39, 0.29) is 17.8 Å². The monoisotopic (exact) mass is 566 g/mol. The van der Waals surface area contributed by atoms with Crippen LogP contribution in [0.15, 0.2) is 59.4 Å². The van der Waals surface area contributed by atoms with Crippen molar-refractivity contribution >= 4 is 22.6 Å². The topological polar surface area (TPSA) is 126 Å². The number of hydrogen-bond donors (Lipinski definition) is 2. The number of aromatic nitrogens is 6. The minimum atomic E-state index is -0.539. The molecule has 1 aliphatic heterocycles. The van der Waals surface area contributed by atoms with Gasteiger partial charge in [-0.1, -0.05) is 50.2 Å². The number of fused-ring (bicyclic) bond motifs is 1. The number of imidazole rings is 1. The predicted octanol–water partition coefficient (Wildman–Crippen LogP) is 5.16. The second-order valence-electron chi connectivity index (χ2n) is 11.5. The van der Waals surface area contributed by atoms with Crippen molar-refractivity contribution in [1.82, 2.24) is 40.3 Å². The van der Waals surface area contributed by atoms with Gasteiger partial charge in [0.25, 0.3) is 11.7 Å². The molecule has 0 bridgehead atoms. The lowest BCUT2D eigenvalue weighted by molar-refractivity contribution is 0.0937. The standard InChI is InChI=1S/C31H31FN8O2/c1-31(2,3)30-38-28(39-42-30)29(41)35-17-21-6-5-19(15-23(21)32)22-9-12-33-27-25(22)36-26(37-27)24-8-7-20(16-34-24)18-10-13-40(4)14-11-18/h5-10,12,15-16H,11,13-14,17H2,1-4H3,(H,35,41)(H,33,36,37). The molecule has 4 aromatic heterocycles. The number of pyridine rings is 2. The number of hydrogen-bond acceptors (Lipinski definition) is 8. The molecule has 1 aliphatic rings. The number of nitrogens with one attached hydrogen (secondary N) is 2. The fourth-order valence-corrected chi connectivity index (χ4v) is 4.76. The third-order valence-electron chi connectivity index (χ3n) is 7.26. The van der Waals surface area contributed by atoms with Gasteiger partial charge in [-0.3, -0.25) is 9.78 Å². The first-order chi connectivity index (χ1) is 20.2. The average Bonchev–Trinajstić information content (AvgIpc) is 3.65. The van der Waals surface area contributed by atoms with Crippen LogP contribution in [0.5, 0.6) is 0 Å². The van der Waals surface area contributed by atoms with Gasteiger partial charge in [-0.2, -0.15) is 4.98 Å². The van der Waals surface area contributed by atoms with E-state index in [0.717, 1.165) is 30.6 Å². The van der Waals surface area contributed by atoms with E-state index >= 15 is 4.39 Å². The predicted molar refractivity (Wildman–Crippen MR) is 157 cm³/mol. The van der Waals surface area contributed by atoms with Gasteiger partial charge in [0.05, 0.1) is 5.52 Å². The summed E-state index contributed by atoms with van der Waals surface area (Å²) in [5.41, 5.74) is 5.65. The Bertz CT molecular complexity index is 1800. The number of carbonyl (C=O) groups excluding carboxylic acids is 1. The SMILES string of the molecule is CN1CC=C(c2ccc(-c3nc4nccc(-c5ccc(CNC(=O)c6noc(C(C)(C)C)n6)c(F)c5)c4[nH]3)nc2)CC1. The number of nitrogens with zero attached hydrogens (tertiary/aromatic N) is 6. The van der Waals surface area contributed by atoms with E-state index < -0.39 is 11.7 Å². The lowest BCUT2D eigenvalue weighted by atomic mass is 9.97. The fraction of sp³-hybridized carbons (Fsp3) is 0.290. The molecule has 0 atom stereocenters. The Morgan fingerprint density at radius 3 is 2.64 bits per heavy atom. The van der Waals surface area contributed by atoms with Crippen LogP contribution in [0.2, 0.25) is 0 Å². The summed E-state index contributed by atoms with van der Waals surface area (Å²) in [5, 5.41) is 6.39. The van der Waals surface area contributed by atoms with Crippen molar-refractivity contribution in [3.05, 3.63) is 83.5 Å². The first-order valence-corrected chi connectivity index (χ1v) is 13.8. The number of likely N-dealkylation sites (N-methyl/N-ethyl adjacent to an activating group) is 1. The summed E-state index contributed by atoms with van der Waals surface area (Å²) in [7, 11) is 2.11. The van der Waals surface area contributed by atoms with Crippen LogP contribution in [-0.4, -0.2) is 61.0 Å². The minimum absolute atomic E-state index is 0.0282. The highest BCUT2D eigenvalue weighted by Gasteiger charge is 2.24. The largest absolute Gasteiger partial charge is 0.345 e. The average molecular weight is 567 g/mol. The highest BCUT2D eigenvalue weighted by atomic mass is 19.1. The van der Waals surface area contributed by atoms with Crippen molar-refractivity contribution in [3.63, 3.8) is 0 Å². The van der Waals surface area contributed by atoms with E-state index in [1.165, 1.54) is 11.6 Å². The van der Waals surface area contributed by atoms with Crippen LogP contribution in [0.3, 0.4) is 0 Å². The Labute approximate surface area is 242 Å². The number of amides is 1. The Hall–Kier alpha value is -4.77. The maximum absolute atomic E-state index is 15.2. The molecule has 0 fully saturated rings. The zero-order valence-electron chi connectivity index (χ0n) is 23.9. The highest BCUT2D eigenvalue weighted by Crippen LogP contribution is 2.30. The molecule has 2 N–H and O–H groups in total. The zero-order valence-corrected chi connectivity index (χ0v) is 23.9. The summed E-state index contributed by atoms with van der Waals surface area (Å²) in [6.45, 7) is 7.65. The molecular weight excluding hydrogens is 535 g/mol. The van der Waals surface area contributed by atoms with Crippen LogP contribution in [0.1, 0.15) is 54.8 Å². The maximum atomic E-state index is 15.2. The van der Waals surface area contributed by atoms with Gasteiger partial charge in [0.2, 0.25) is 5.89 Å². The molecule has 42 heavy (non-hydrogen) atoms. The molecule has 1 amide bonds. The Morgan fingerprint density at radius 2 is 1.95 bits per heavy atom. The molecule has 10 nitrogen and oxygen atoms in total. The van der Waals surface area contributed by atoms with Crippen molar-refractivity contribution < 1.29 is 13.7 Å². The number of aromatic amines is 1. The van der Waals surface area contributed by atoms with Gasteiger partial charge in [-0.05, 0) is 48.4 Å². The summed E-state index contributed by atoms with van der Waals surface area (Å²) in [6, 6.07) is 10.7. The van der Waals surface area contributed by atoms with Crippen LogP contribution >= 0.6 is 0 Å². The molecule has 214 valence electrons. The van der Waals surface area contributed by atoms with Crippen molar-refractivity contribution in [1.29, 1.82) is 0 Å². The first-order valence-electron chi connectivity index (χ1n) is 13.8. The van der Waals surface area contributed by atoms with Gasteiger partial charge >= 0.3 is 0 Å². The lowest BCUT2D eigenvalue weighted by Crippen LogP contribution is -2.24. The summed E-state index contributed by atoms with van der Waals surface area (Å²) in [6.07, 6.45) is 6.76. The van der Waals surface area contributed by atoms with Gasteiger partial charge in [0.15, 0.2) is 11.5 Å². The van der Waals surface area contributed by atoms with Gasteiger partial charge in [-0.15, -0.1) is 0 Å². The first kappa shape index (κ1) is 27.4. The van der Waals surface area contributed by atoms with E-state index in [1.54, 1.807) is 18.3 Å². The van der Waals surface area contributed by atoms with Gasteiger partial charge in [0, 0.05) is 48.6 Å². The fourth-order valence-electron chi connectivity index (χ4n) is 4.76. The zero-order chi connectivity index (χ0) is 29.4. The third kappa shape index (κ3) is 5.55. The molecular formula is C31H31FN8O2. The molecule has 6 rings (SSSR count). The summed E-state index contributed by atoms with van der Waals surface area (Å²) >= 11 is 0. The Morgan fingerprint density at radius 1 is 1.12 bits per heavy atom. The van der Waals surface area contributed by atoms with Crippen LogP contribution < -0.4 is 5.32 Å². The molecule has 0 radical (unpaired) electrons. The van der Waals surface area contributed by atoms with Gasteiger partial charge in [-0.25, -0.2) is 14.4 Å². The second-order valence-corrected chi connectivity index (χ2v) is 11.5. The molecule has 5 heterocycles. The Balaban J connectivity index is 1.19. The molecule has 0 saturated carbocycles. The maximum Gasteiger partial charge on any atom is 0.292 e. The third-order valence-corrected chi connectivity index (χ3v) is 7.26. The molecule has 5 aromatic rings. The van der Waals surface area contributed by atoms with Gasteiger partial charge < -0.3 is 19.7 Å². The smallest absolute Gasteiger partial charge is 0.292 e. The van der Waals surface area contributed by atoms with E-state index in [4.69, 9.17) is 4.52 Å². The molecule has 1 aromatic carbocycles. The Kier molecular flexibility index (Phi) is 7.11. The van der Waals surface area contributed by atoms with Crippen LogP contribution in [-0.2, 0) is 12.0 Å². The van der Waals surface area contributed by atoms with Crippen molar-refractivity contribution in [2.45, 2.75) is 39.2 Å². The number of H-pyrrole nitrogens is 1. The van der Waals surface area contributed by atoms with E-state index in [2.05, 4.69) is 59.5 Å². The molecule has 0 saturated heterocycles. The minimum Gasteiger partial charge on any atom is -0.345 e. The summed E-state index contributed by atoms with van der Waals surface area (Å²) in [5.74, 6) is -0.143. The summed E-state index contributed by atoms with van der Waals surface area (Å²) in [4.78, 5) is 35.9. The summed E-state index contributed by atoms with van der Waals surface area (Å²) < 4.78 is 20.3. The van der Waals surface area contributed by atoms with E-state index in [9.17, 15) is 4.79 Å². The van der Waals surface area contributed by atoms with Crippen LogP contribution in [0.4, 0.5) is 4.39 Å². The van der Waals surface area contributed by atoms with Crippen molar-refractivity contribution in [2.75, 3.05) is 20.1 Å². The second kappa shape index (κ2) is 10.9. The molecule has 11 heteroatoms. The van der Waals surface area contributed by atoms with Crippen LogP contribution in [0, 0.1) is 5.82 Å². The van der Waals surface area contributed by atoms with Crippen LogP contribution in [0.25, 0.3) is 39.4 Å².